The third-order valence-corrected chi connectivity index (χ3v) is 3.24. The molecule has 0 saturated carbocycles. The summed E-state index contributed by atoms with van der Waals surface area (Å²) in [6.45, 7) is 4.13. The van der Waals surface area contributed by atoms with Crippen LogP contribution in [-0.4, -0.2) is 19.7 Å². The van der Waals surface area contributed by atoms with Crippen LogP contribution in [0.3, 0.4) is 0 Å². The number of sulfonamides is 1. The molecule has 0 amide bonds. The van der Waals surface area contributed by atoms with E-state index < -0.39 is 10.0 Å². The molecule has 0 unspecified atom stereocenters. The number of hydrogen-bond acceptors (Lipinski definition) is 4. The summed E-state index contributed by atoms with van der Waals surface area (Å²) in [5.41, 5.74) is 0.902. The van der Waals surface area contributed by atoms with Crippen molar-refractivity contribution in [2.45, 2.75) is 20.4 Å². The van der Waals surface area contributed by atoms with Crippen molar-refractivity contribution in [1.29, 1.82) is 0 Å². The van der Waals surface area contributed by atoms with Gasteiger partial charge in [-0.3, -0.25) is 0 Å². The number of thiazole rings is 1. The van der Waals surface area contributed by atoms with Gasteiger partial charge in [0.05, 0.1) is 17.0 Å². The molecule has 0 aliphatic carbocycles. The van der Waals surface area contributed by atoms with Gasteiger partial charge >= 0.3 is 0 Å². The lowest BCUT2D eigenvalue weighted by atomic mass is 10.4. The predicted molar refractivity (Wildman–Crippen MR) is 53.3 cm³/mol. The van der Waals surface area contributed by atoms with Gasteiger partial charge < -0.3 is 0 Å². The number of hydrogen-bond donors (Lipinski definition) is 1. The largest absolute Gasteiger partial charge is 0.247 e. The van der Waals surface area contributed by atoms with Crippen molar-refractivity contribution in [3.8, 4) is 0 Å². The molecule has 6 heteroatoms. The molecule has 0 aromatic carbocycles. The van der Waals surface area contributed by atoms with Gasteiger partial charge in [-0.15, -0.1) is 11.3 Å². The van der Waals surface area contributed by atoms with Crippen LogP contribution in [0.5, 0.6) is 0 Å². The SMILES string of the molecule is Cc1nc(C)c(CNS(C)(=O)=O)s1. The van der Waals surface area contributed by atoms with E-state index in [1.807, 2.05) is 13.8 Å². The summed E-state index contributed by atoms with van der Waals surface area (Å²) >= 11 is 1.52. The number of aryl methyl sites for hydroxylation is 2. The van der Waals surface area contributed by atoms with E-state index in [4.69, 9.17) is 0 Å². The highest BCUT2D eigenvalue weighted by Crippen LogP contribution is 2.16. The molecule has 13 heavy (non-hydrogen) atoms. The minimum Gasteiger partial charge on any atom is -0.247 e. The summed E-state index contributed by atoms with van der Waals surface area (Å²) in [5.74, 6) is 0. The molecule has 0 atom stereocenters. The van der Waals surface area contributed by atoms with Gasteiger partial charge in [0.2, 0.25) is 10.0 Å². The van der Waals surface area contributed by atoms with Crippen molar-refractivity contribution in [3.63, 3.8) is 0 Å². The maximum Gasteiger partial charge on any atom is 0.209 e. The second-order valence-corrected chi connectivity index (χ2v) is 5.96. The van der Waals surface area contributed by atoms with E-state index in [-0.39, 0.29) is 0 Å². The smallest absolute Gasteiger partial charge is 0.209 e. The van der Waals surface area contributed by atoms with E-state index in [0.717, 1.165) is 21.8 Å². The summed E-state index contributed by atoms with van der Waals surface area (Å²) in [5, 5.41) is 0.961. The van der Waals surface area contributed by atoms with Crippen LogP contribution in [0.1, 0.15) is 15.6 Å². The molecule has 4 nitrogen and oxygen atoms in total. The third kappa shape index (κ3) is 3.41. The van der Waals surface area contributed by atoms with Gasteiger partial charge in [-0.25, -0.2) is 18.1 Å². The zero-order chi connectivity index (χ0) is 10.1. The monoisotopic (exact) mass is 220 g/mol. The molecule has 0 fully saturated rings. The van der Waals surface area contributed by atoms with E-state index in [2.05, 4.69) is 9.71 Å². The molecule has 74 valence electrons. The van der Waals surface area contributed by atoms with E-state index in [0.29, 0.717) is 6.54 Å². The predicted octanol–water partition coefficient (Wildman–Crippen LogP) is 0.809. The van der Waals surface area contributed by atoms with Crippen molar-refractivity contribution in [2.24, 2.45) is 0 Å². The Balaban J connectivity index is 2.70. The van der Waals surface area contributed by atoms with Crippen molar-refractivity contribution < 1.29 is 8.42 Å². The van der Waals surface area contributed by atoms with Crippen LogP contribution in [0.25, 0.3) is 0 Å². The van der Waals surface area contributed by atoms with Crippen LogP contribution in [-0.2, 0) is 16.6 Å². The van der Waals surface area contributed by atoms with E-state index in [1.54, 1.807) is 0 Å². The number of nitrogens with zero attached hydrogens (tertiary/aromatic N) is 1. The van der Waals surface area contributed by atoms with Crippen molar-refractivity contribution in [2.75, 3.05) is 6.26 Å². The topological polar surface area (TPSA) is 59.1 Å². The van der Waals surface area contributed by atoms with E-state index in [1.165, 1.54) is 11.3 Å². The van der Waals surface area contributed by atoms with Gasteiger partial charge in [0.25, 0.3) is 0 Å². The first-order valence-electron chi connectivity index (χ1n) is 3.76. The Morgan fingerprint density at radius 1 is 1.46 bits per heavy atom. The van der Waals surface area contributed by atoms with Crippen LogP contribution in [0.2, 0.25) is 0 Å². The molecule has 0 aliphatic heterocycles. The first-order valence-corrected chi connectivity index (χ1v) is 6.47. The second kappa shape index (κ2) is 3.73. The lowest BCUT2D eigenvalue weighted by Crippen LogP contribution is -2.20. The highest BCUT2D eigenvalue weighted by atomic mass is 32.2. The fourth-order valence-electron chi connectivity index (χ4n) is 0.934. The molecule has 1 aromatic rings. The second-order valence-electron chi connectivity index (χ2n) is 2.83. The minimum atomic E-state index is -3.10. The fraction of sp³-hybridized carbons (Fsp3) is 0.571. The molecular weight excluding hydrogens is 208 g/mol. The van der Waals surface area contributed by atoms with Crippen LogP contribution in [0, 0.1) is 13.8 Å². The molecule has 0 bridgehead atoms. The van der Waals surface area contributed by atoms with Crippen LogP contribution in [0.15, 0.2) is 0 Å². The molecule has 1 aromatic heterocycles. The molecule has 1 rings (SSSR count). The first-order chi connectivity index (χ1) is 5.88. The molecule has 0 saturated heterocycles. The number of nitrogens with one attached hydrogen (secondary N) is 1. The van der Waals surface area contributed by atoms with Gasteiger partial charge in [-0.1, -0.05) is 0 Å². The standard InChI is InChI=1S/C7H12N2O2S2/c1-5-7(12-6(2)9-5)4-8-13(3,10)11/h8H,4H2,1-3H3. The first kappa shape index (κ1) is 10.6. The molecule has 0 radical (unpaired) electrons. The fourth-order valence-corrected chi connectivity index (χ4v) is 2.31. The zero-order valence-corrected chi connectivity index (χ0v) is 9.42. The van der Waals surface area contributed by atoms with Crippen molar-refractivity contribution in [3.05, 3.63) is 15.6 Å². The van der Waals surface area contributed by atoms with Crippen molar-refractivity contribution >= 4 is 21.4 Å². The molecular formula is C7H12N2O2S2. The average molecular weight is 220 g/mol. The lowest BCUT2D eigenvalue weighted by Gasteiger charge is -1.99. The Labute approximate surface area is 82.1 Å². The Hall–Kier alpha value is -0.460. The zero-order valence-electron chi connectivity index (χ0n) is 7.79. The maximum atomic E-state index is 10.8. The summed E-state index contributed by atoms with van der Waals surface area (Å²) in [6.07, 6.45) is 1.15. The Morgan fingerprint density at radius 2 is 2.08 bits per heavy atom. The highest BCUT2D eigenvalue weighted by molar-refractivity contribution is 7.88. The highest BCUT2D eigenvalue weighted by Gasteiger charge is 2.06. The summed E-state index contributed by atoms with van der Waals surface area (Å²) in [7, 11) is -3.10. The number of aromatic nitrogens is 1. The molecule has 0 aliphatic rings. The summed E-state index contributed by atoms with van der Waals surface area (Å²) in [4.78, 5) is 5.17. The quantitative estimate of drug-likeness (QED) is 0.820. The minimum absolute atomic E-state index is 0.343. The van der Waals surface area contributed by atoms with Crippen LogP contribution >= 0.6 is 11.3 Å². The van der Waals surface area contributed by atoms with Gasteiger partial charge in [0, 0.05) is 11.4 Å². The third-order valence-electron chi connectivity index (χ3n) is 1.49. The summed E-state index contributed by atoms with van der Waals surface area (Å²) in [6, 6.07) is 0. The van der Waals surface area contributed by atoms with Gasteiger partial charge in [0.15, 0.2) is 0 Å². The van der Waals surface area contributed by atoms with Gasteiger partial charge in [0.1, 0.15) is 0 Å². The van der Waals surface area contributed by atoms with E-state index in [9.17, 15) is 8.42 Å². The Morgan fingerprint density at radius 3 is 2.46 bits per heavy atom. The Bertz CT molecular complexity index is 395. The lowest BCUT2D eigenvalue weighted by molar-refractivity contribution is 0.588. The van der Waals surface area contributed by atoms with Crippen LogP contribution in [0.4, 0.5) is 0 Å². The number of rotatable bonds is 3. The summed E-state index contributed by atoms with van der Waals surface area (Å²) < 4.78 is 24.0. The van der Waals surface area contributed by atoms with Crippen LogP contribution < -0.4 is 4.72 Å². The van der Waals surface area contributed by atoms with E-state index >= 15 is 0 Å². The Kier molecular flexibility index (Phi) is 3.05. The maximum absolute atomic E-state index is 10.8. The molecule has 1 N–H and O–H groups in total. The van der Waals surface area contributed by atoms with Crippen molar-refractivity contribution in [1.82, 2.24) is 9.71 Å². The normalized spacial score (nSPS) is 11.9. The average Bonchev–Trinajstić information content (AvgIpc) is 2.24. The van der Waals surface area contributed by atoms with Gasteiger partial charge in [-0.05, 0) is 13.8 Å². The molecule has 0 spiro atoms. The molecule has 1 heterocycles. The van der Waals surface area contributed by atoms with Gasteiger partial charge in [-0.2, -0.15) is 0 Å².